The van der Waals surface area contributed by atoms with E-state index in [-0.39, 0.29) is 5.91 Å². The molecule has 0 aliphatic carbocycles. The van der Waals surface area contributed by atoms with Gasteiger partial charge in [-0.05, 0) is 48.6 Å². The number of carbonyl (C=O) groups is 1. The Hall–Kier alpha value is -2.75. The fourth-order valence-corrected chi connectivity index (χ4v) is 3.95. The van der Waals surface area contributed by atoms with E-state index in [0.717, 1.165) is 42.6 Å². The molecule has 134 valence electrons. The van der Waals surface area contributed by atoms with Gasteiger partial charge in [-0.3, -0.25) is 4.79 Å². The largest absolute Gasteiger partial charge is 0.497 e. The lowest BCUT2D eigenvalue weighted by Gasteiger charge is -2.25. The molecule has 1 saturated heterocycles. The second-order valence-corrected chi connectivity index (χ2v) is 6.97. The molecule has 1 amide bonds. The Bertz CT molecular complexity index is 898. The lowest BCUT2D eigenvalue weighted by molar-refractivity contribution is -0.131. The van der Waals surface area contributed by atoms with Crippen LogP contribution < -0.4 is 4.74 Å². The fourth-order valence-electron chi connectivity index (χ4n) is 3.95. The minimum atomic E-state index is 0.220. The number of carbonyl (C=O) groups excluding carboxylic acids is 1. The van der Waals surface area contributed by atoms with Crippen molar-refractivity contribution >= 4 is 16.8 Å². The molecule has 1 fully saturated rings. The number of rotatable bonds is 5. The highest BCUT2D eigenvalue weighted by Crippen LogP contribution is 2.26. The van der Waals surface area contributed by atoms with Gasteiger partial charge in [0, 0.05) is 29.7 Å². The number of methoxy groups -OCH3 is 1. The minimum Gasteiger partial charge on any atom is -0.497 e. The highest BCUT2D eigenvalue weighted by molar-refractivity contribution is 5.83. The highest BCUT2D eigenvalue weighted by atomic mass is 16.5. The Kier molecular flexibility index (Phi) is 4.65. The maximum atomic E-state index is 12.9. The Labute approximate surface area is 153 Å². The van der Waals surface area contributed by atoms with Crippen molar-refractivity contribution in [3.63, 3.8) is 0 Å². The smallest absolute Gasteiger partial charge is 0.227 e. The number of benzene rings is 2. The SMILES string of the molecule is COc1ccc(CC(=O)N2CCCC2Cc2c[nH]c3ccccc23)cc1. The van der Waals surface area contributed by atoms with Crippen molar-refractivity contribution < 1.29 is 9.53 Å². The average Bonchev–Trinajstić information content (AvgIpc) is 3.30. The monoisotopic (exact) mass is 348 g/mol. The number of aromatic amines is 1. The first-order chi connectivity index (χ1) is 12.7. The van der Waals surface area contributed by atoms with Gasteiger partial charge in [-0.25, -0.2) is 0 Å². The van der Waals surface area contributed by atoms with Gasteiger partial charge >= 0.3 is 0 Å². The van der Waals surface area contributed by atoms with E-state index in [4.69, 9.17) is 4.74 Å². The maximum Gasteiger partial charge on any atom is 0.227 e. The third-order valence-corrected chi connectivity index (χ3v) is 5.34. The second-order valence-electron chi connectivity index (χ2n) is 6.97. The summed E-state index contributed by atoms with van der Waals surface area (Å²) in [4.78, 5) is 18.3. The molecule has 1 atom stereocenters. The van der Waals surface area contributed by atoms with Crippen molar-refractivity contribution in [2.24, 2.45) is 0 Å². The number of aromatic nitrogens is 1. The van der Waals surface area contributed by atoms with Gasteiger partial charge in [-0.2, -0.15) is 0 Å². The van der Waals surface area contributed by atoms with Crippen LogP contribution in [0.25, 0.3) is 10.9 Å². The number of likely N-dealkylation sites (tertiary alicyclic amines) is 1. The van der Waals surface area contributed by atoms with Crippen molar-refractivity contribution in [3.8, 4) is 5.75 Å². The van der Waals surface area contributed by atoms with Gasteiger partial charge in [0.1, 0.15) is 5.75 Å². The number of ether oxygens (including phenoxy) is 1. The van der Waals surface area contributed by atoms with Crippen molar-refractivity contribution in [1.82, 2.24) is 9.88 Å². The normalized spacial score (nSPS) is 17.0. The molecule has 0 radical (unpaired) electrons. The molecule has 0 bridgehead atoms. The molecule has 26 heavy (non-hydrogen) atoms. The van der Waals surface area contributed by atoms with E-state index in [1.54, 1.807) is 7.11 Å². The molecule has 4 heteroatoms. The van der Waals surface area contributed by atoms with Crippen LogP contribution in [0, 0.1) is 0 Å². The van der Waals surface area contributed by atoms with E-state index in [9.17, 15) is 4.79 Å². The van der Waals surface area contributed by atoms with E-state index in [1.165, 1.54) is 10.9 Å². The first kappa shape index (κ1) is 16.7. The Balaban J connectivity index is 1.46. The van der Waals surface area contributed by atoms with E-state index in [1.807, 2.05) is 30.3 Å². The van der Waals surface area contributed by atoms with Crippen LogP contribution in [-0.2, 0) is 17.6 Å². The molecule has 1 aromatic heterocycles. The summed E-state index contributed by atoms with van der Waals surface area (Å²) in [5.74, 6) is 1.04. The Morgan fingerprint density at radius 1 is 1.19 bits per heavy atom. The molecule has 2 heterocycles. The zero-order valence-electron chi connectivity index (χ0n) is 15.1. The van der Waals surface area contributed by atoms with Crippen LogP contribution in [0.4, 0.5) is 0 Å². The van der Waals surface area contributed by atoms with Gasteiger partial charge in [0.25, 0.3) is 0 Å². The summed E-state index contributed by atoms with van der Waals surface area (Å²) >= 11 is 0. The van der Waals surface area contributed by atoms with Crippen molar-refractivity contribution in [3.05, 3.63) is 65.9 Å². The van der Waals surface area contributed by atoms with Gasteiger partial charge in [0.2, 0.25) is 5.91 Å². The number of amides is 1. The van der Waals surface area contributed by atoms with Gasteiger partial charge in [-0.15, -0.1) is 0 Å². The van der Waals surface area contributed by atoms with E-state index < -0.39 is 0 Å². The predicted octanol–water partition coefficient (Wildman–Crippen LogP) is 3.95. The van der Waals surface area contributed by atoms with Crippen LogP contribution in [0.3, 0.4) is 0 Å². The summed E-state index contributed by atoms with van der Waals surface area (Å²) in [6.07, 6.45) is 5.62. The summed E-state index contributed by atoms with van der Waals surface area (Å²) in [5.41, 5.74) is 3.50. The van der Waals surface area contributed by atoms with Crippen LogP contribution >= 0.6 is 0 Å². The average molecular weight is 348 g/mol. The third kappa shape index (κ3) is 3.32. The van der Waals surface area contributed by atoms with Gasteiger partial charge in [0.05, 0.1) is 13.5 Å². The Morgan fingerprint density at radius 2 is 2.00 bits per heavy atom. The van der Waals surface area contributed by atoms with Crippen molar-refractivity contribution in [2.75, 3.05) is 13.7 Å². The first-order valence-corrected chi connectivity index (χ1v) is 9.22. The number of hydrogen-bond donors (Lipinski definition) is 1. The van der Waals surface area contributed by atoms with Crippen LogP contribution in [0.2, 0.25) is 0 Å². The zero-order valence-corrected chi connectivity index (χ0v) is 15.1. The second kappa shape index (κ2) is 7.24. The molecular weight excluding hydrogens is 324 g/mol. The molecule has 0 spiro atoms. The van der Waals surface area contributed by atoms with Crippen LogP contribution in [0.15, 0.2) is 54.7 Å². The first-order valence-electron chi connectivity index (χ1n) is 9.22. The van der Waals surface area contributed by atoms with Gasteiger partial charge < -0.3 is 14.6 Å². The number of hydrogen-bond acceptors (Lipinski definition) is 2. The van der Waals surface area contributed by atoms with Crippen molar-refractivity contribution in [1.29, 1.82) is 0 Å². The van der Waals surface area contributed by atoms with Crippen LogP contribution in [0.1, 0.15) is 24.0 Å². The molecular formula is C22H24N2O2. The molecule has 1 aliphatic rings. The van der Waals surface area contributed by atoms with Crippen molar-refractivity contribution in [2.45, 2.75) is 31.7 Å². The van der Waals surface area contributed by atoms with E-state index in [0.29, 0.717) is 12.5 Å². The molecule has 0 saturated carbocycles. The Morgan fingerprint density at radius 3 is 2.81 bits per heavy atom. The predicted molar refractivity (Wildman–Crippen MR) is 103 cm³/mol. The molecule has 4 nitrogen and oxygen atoms in total. The minimum absolute atomic E-state index is 0.220. The molecule has 2 aromatic carbocycles. The number of H-pyrrole nitrogens is 1. The van der Waals surface area contributed by atoms with Crippen LogP contribution in [-0.4, -0.2) is 35.5 Å². The maximum absolute atomic E-state index is 12.9. The van der Waals surface area contributed by atoms with Gasteiger partial charge in [-0.1, -0.05) is 30.3 Å². The number of nitrogens with zero attached hydrogens (tertiary/aromatic N) is 1. The highest BCUT2D eigenvalue weighted by Gasteiger charge is 2.29. The quantitative estimate of drug-likeness (QED) is 0.759. The van der Waals surface area contributed by atoms with Crippen LogP contribution in [0.5, 0.6) is 5.75 Å². The standard InChI is InChI=1S/C22H24N2O2/c1-26-19-10-8-16(9-11-19)13-22(25)24-12-4-5-18(24)14-17-15-23-21-7-3-2-6-20(17)21/h2-3,6-11,15,18,23H,4-5,12-14H2,1H3. The number of fused-ring (bicyclic) bond motifs is 1. The van der Waals surface area contributed by atoms with Gasteiger partial charge in [0.15, 0.2) is 0 Å². The summed E-state index contributed by atoms with van der Waals surface area (Å²) in [7, 11) is 1.65. The zero-order chi connectivity index (χ0) is 17.9. The topological polar surface area (TPSA) is 45.3 Å². The number of nitrogens with one attached hydrogen (secondary N) is 1. The molecule has 4 rings (SSSR count). The molecule has 1 unspecified atom stereocenters. The third-order valence-electron chi connectivity index (χ3n) is 5.34. The van der Waals surface area contributed by atoms with E-state index >= 15 is 0 Å². The number of para-hydroxylation sites is 1. The summed E-state index contributed by atoms with van der Waals surface area (Å²) in [5, 5.41) is 1.27. The molecule has 3 aromatic rings. The lowest BCUT2D eigenvalue weighted by Crippen LogP contribution is -2.37. The summed E-state index contributed by atoms with van der Waals surface area (Å²) in [6.45, 7) is 0.863. The lowest BCUT2D eigenvalue weighted by atomic mass is 10.0. The molecule has 1 aliphatic heterocycles. The summed E-state index contributed by atoms with van der Waals surface area (Å²) in [6, 6.07) is 16.4. The molecule has 1 N–H and O–H groups in total. The van der Waals surface area contributed by atoms with E-state index in [2.05, 4.69) is 34.3 Å². The fraction of sp³-hybridized carbons (Fsp3) is 0.318. The summed E-state index contributed by atoms with van der Waals surface area (Å²) < 4.78 is 5.19.